The lowest BCUT2D eigenvalue weighted by Crippen LogP contribution is -2.01. The third-order valence-electron chi connectivity index (χ3n) is 1.61. The third kappa shape index (κ3) is 2.25. The number of rotatable bonds is 4. The highest BCUT2D eigenvalue weighted by atomic mass is 32.2. The Hall–Kier alpha value is -0.480. The minimum atomic E-state index is 0.473. The highest BCUT2D eigenvalue weighted by Crippen LogP contribution is 2.12. The smallest absolute Gasteiger partial charge is 0.191 e. The second-order valence-corrected chi connectivity index (χ2v) is 3.54. The molecule has 4 heteroatoms. The van der Waals surface area contributed by atoms with Crippen molar-refractivity contribution >= 4 is 11.8 Å². The Balaban J connectivity index is 2.68. The average molecular weight is 186 g/mol. The summed E-state index contributed by atoms with van der Waals surface area (Å²) in [4.78, 5) is 4.18. The minimum absolute atomic E-state index is 0.473. The van der Waals surface area contributed by atoms with Gasteiger partial charge in [-0.25, -0.2) is 4.98 Å². The molecule has 0 fully saturated rings. The number of aromatic nitrogens is 1. The highest BCUT2D eigenvalue weighted by molar-refractivity contribution is 7.98. The molecule has 3 nitrogen and oxygen atoms in total. The number of thioether (sulfide) groups is 1. The van der Waals surface area contributed by atoms with E-state index in [0.29, 0.717) is 12.4 Å². The summed E-state index contributed by atoms with van der Waals surface area (Å²) in [5.74, 6) is 2.72. The maximum absolute atomic E-state index is 5.51. The standard InChI is InChI=1S/C8H14N2OS/c1-6-10-7(5-9)8(11-6)3-4-12-2/h3-5,9H2,1-2H3. The Morgan fingerprint density at radius 3 is 2.92 bits per heavy atom. The molecule has 0 unspecified atom stereocenters. The molecule has 0 saturated carbocycles. The van der Waals surface area contributed by atoms with E-state index >= 15 is 0 Å². The average Bonchev–Trinajstić information content (AvgIpc) is 2.42. The molecule has 1 rings (SSSR count). The Bertz CT molecular complexity index is 247. The van der Waals surface area contributed by atoms with Gasteiger partial charge in [0.1, 0.15) is 5.76 Å². The predicted octanol–water partition coefficient (Wildman–Crippen LogP) is 1.35. The summed E-state index contributed by atoms with van der Waals surface area (Å²) in [5.41, 5.74) is 6.41. The SMILES string of the molecule is CSCCc1oc(C)nc1CN. The van der Waals surface area contributed by atoms with Crippen LogP contribution in [0.1, 0.15) is 17.3 Å². The zero-order chi connectivity index (χ0) is 8.97. The van der Waals surface area contributed by atoms with Crippen LogP contribution in [-0.2, 0) is 13.0 Å². The van der Waals surface area contributed by atoms with Crippen molar-refractivity contribution in [3.63, 3.8) is 0 Å². The van der Waals surface area contributed by atoms with Crippen LogP contribution in [0.15, 0.2) is 4.42 Å². The van der Waals surface area contributed by atoms with Crippen LogP contribution in [0, 0.1) is 6.92 Å². The number of nitrogens with two attached hydrogens (primary N) is 1. The van der Waals surface area contributed by atoms with E-state index in [2.05, 4.69) is 11.2 Å². The van der Waals surface area contributed by atoms with E-state index in [0.717, 1.165) is 23.6 Å². The van der Waals surface area contributed by atoms with Crippen molar-refractivity contribution in [3.8, 4) is 0 Å². The van der Waals surface area contributed by atoms with Crippen LogP contribution in [0.2, 0.25) is 0 Å². The molecule has 0 aliphatic heterocycles. The second-order valence-electron chi connectivity index (χ2n) is 2.55. The van der Waals surface area contributed by atoms with E-state index < -0.39 is 0 Å². The molecule has 12 heavy (non-hydrogen) atoms. The van der Waals surface area contributed by atoms with Crippen molar-refractivity contribution in [1.29, 1.82) is 0 Å². The van der Waals surface area contributed by atoms with Gasteiger partial charge < -0.3 is 10.2 Å². The minimum Gasteiger partial charge on any atom is -0.446 e. The van der Waals surface area contributed by atoms with Gasteiger partial charge in [-0.3, -0.25) is 0 Å². The first-order valence-electron chi connectivity index (χ1n) is 3.92. The number of oxazole rings is 1. The Morgan fingerprint density at radius 2 is 2.33 bits per heavy atom. The van der Waals surface area contributed by atoms with Crippen molar-refractivity contribution < 1.29 is 4.42 Å². The zero-order valence-electron chi connectivity index (χ0n) is 7.46. The summed E-state index contributed by atoms with van der Waals surface area (Å²) in [7, 11) is 0. The van der Waals surface area contributed by atoms with Gasteiger partial charge in [0.15, 0.2) is 5.89 Å². The molecule has 2 N–H and O–H groups in total. The molecular weight excluding hydrogens is 172 g/mol. The fourth-order valence-electron chi connectivity index (χ4n) is 1.06. The van der Waals surface area contributed by atoms with Crippen LogP contribution in [0.4, 0.5) is 0 Å². The van der Waals surface area contributed by atoms with E-state index in [-0.39, 0.29) is 0 Å². The van der Waals surface area contributed by atoms with E-state index in [1.807, 2.05) is 6.92 Å². The highest BCUT2D eigenvalue weighted by Gasteiger charge is 2.07. The summed E-state index contributed by atoms with van der Waals surface area (Å²) in [6, 6.07) is 0. The van der Waals surface area contributed by atoms with Gasteiger partial charge in [0.05, 0.1) is 5.69 Å². The summed E-state index contributed by atoms with van der Waals surface area (Å²) in [6.07, 6.45) is 3.00. The molecule has 68 valence electrons. The molecule has 0 bridgehead atoms. The topological polar surface area (TPSA) is 52.0 Å². The number of hydrogen-bond donors (Lipinski definition) is 1. The molecule has 0 radical (unpaired) electrons. The summed E-state index contributed by atoms with van der Waals surface area (Å²) in [5, 5.41) is 0. The zero-order valence-corrected chi connectivity index (χ0v) is 8.28. The Kier molecular flexibility index (Phi) is 3.62. The second kappa shape index (κ2) is 4.52. The van der Waals surface area contributed by atoms with Crippen molar-refractivity contribution in [1.82, 2.24) is 4.98 Å². The van der Waals surface area contributed by atoms with E-state index in [9.17, 15) is 0 Å². The summed E-state index contributed by atoms with van der Waals surface area (Å²) >= 11 is 1.80. The van der Waals surface area contributed by atoms with Crippen molar-refractivity contribution in [2.45, 2.75) is 19.9 Å². The van der Waals surface area contributed by atoms with Gasteiger partial charge in [-0.15, -0.1) is 0 Å². The number of hydrogen-bond acceptors (Lipinski definition) is 4. The summed E-state index contributed by atoms with van der Waals surface area (Å²) < 4.78 is 5.40. The molecule has 0 aromatic carbocycles. The monoisotopic (exact) mass is 186 g/mol. The van der Waals surface area contributed by atoms with Crippen LogP contribution in [0.5, 0.6) is 0 Å². The molecule has 0 aliphatic carbocycles. The molecule has 1 aromatic rings. The van der Waals surface area contributed by atoms with E-state index in [1.54, 1.807) is 11.8 Å². The van der Waals surface area contributed by atoms with Crippen molar-refractivity contribution in [3.05, 3.63) is 17.3 Å². The first-order valence-corrected chi connectivity index (χ1v) is 5.31. The molecular formula is C8H14N2OS. The number of aryl methyl sites for hydroxylation is 2. The first kappa shape index (κ1) is 9.61. The molecule has 0 atom stereocenters. The van der Waals surface area contributed by atoms with Gasteiger partial charge in [0.2, 0.25) is 0 Å². The van der Waals surface area contributed by atoms with Crippen molar-refractivity contribution in [2.75, 3.05) is 12.0 Å². The van der Waals surface area contributed by atoms with Crippen LogP contribution < -0.4 is 5.73 Å². The fraction of sp³-hybridized carbons (Fsp3) is 0.625. The predicted molar refractivity (Wildman–Crippen MR) is 51.2 cm³/mol. The lowest BCUT2D eigenvalue weighted by atomic mass is 10.3. The first-order chi connectivity index (χ1) is 5.77. The maximum atomic E-state index is 5.51. The quantitative estimate of drug-likeness (QED) is 0.771. The fourth-order valence-corrected chi connectivity index (χ4v) is 1.45. The van der Waals surface area contributed by atoms with Crippen LogP contribution in [0.25, 0.3) is 0 Å². The maximum Gasteiger partial charge on any atom is 0.191 e. The molecule has 0 spiro atoms. The van der Waals surface area contributed by atoms with Gasteiger partial charge in [-0.1, -0.05) is 0 Å². The third-order valence-corrected chi connectivity index (χ3v) is 2.22. The van der Waals surface area contributed by atoms with Crippen LogP contribution in [0.3, 0.4) is 0 Å². The molecule has 0 amide bonds. The molecule has 0 saturated heterocycles. The largest absolute Gasteiger partial charge is 0.446 e. The van der Waals surface area contributed by atoms with E-state index in [4.69, 9.17) is 10.2 Å². The molecule has 1 aromatic heterocycles. The lowest BCUT2D eigenvalue weighted by Gasteiger charge is -1.95. The van der Waals surface area contributed by atoms with Gasteiger partial charge in [-0.05, 0) is 6.26 Å². The summed E-state index contributed by atoms with van der Waals surface area (Å²) in [6.45, 7) is 2.32. The molecule has 0 aliphatic rings. The van der Waals surface area contributed by atoms with Crippen LogP contribution in [-0.4, -0.2) is 17.0 Å². The van der Waals surface area contributed by atoms with Crippen molar-refractivity contribution in [2.24, 2.45) is 5.73 Å². The van der Waals surface area contributed by atoms with Gasteiger partial charge >= 0.3 is 0 Å². The lowest BCUT2D eigenvalue weighted by molar-refractivity contribution is 0.479. The van der Waals surface area contributed by atoms with Gasteiger partial charge in [0.25, 0.3) is 0 Å². The normalized spacial score (nSPS) is 10.6. The molecule has 1 heterocycles. The van der Waals surface area contributed by atoms with Crippen LogP contribution >= 0.6 is 11.8 Å². The van der Waals surface area contributed by atoms with E-state index in [1.165, 1.54) is 0 Å². The van der Waals surface area contributed by atoms with Gasteiger partial charge in [0, 0.05) is 25.6 Å². The number of nitrogens with zero attached hydrogens (tertiary/aromatic N) is 1. The Morgan fingerprint density at radius 1 is 1.58 bits per heavy atom. The Labute approximate surface area is 76.7 Å². The van der Waals surface area contributed by atoms with Gasteiger partial charge in [-0.2, -0.15) is 11.8 Å².